The van der Waals surface area contributed by atoms with Gasteiger partial charge in [-0.25, -0.2) is 4.98 Å². The predicted molar refractivity (Wildman–Crippen MR) is 71.8 cm³/mol. The largest absolute Gasteiger partial charge is 0.384 e. The van der Waals surface area contributed by atoms with E-state index in [9.17, 15) is 5.11 Å². The maximum absolute atomic E-state index is 10.7. The molecule has 0 atom stereocenters. The summed E-state index contributed by atoms with van der Waals surface area (Å²) in [6.45, 7) is 0. The topological polar surface area (TPSA) is 36.4 Å². The lowest BCUT2D eigenvalue weighted by molar-refractivity contribution is -0.0226. The van der Waals surface area contributed by atoms with Crippen LogP contribution in [0.2, 0.25) is 0 Å². The van der Waals surface area contributed by atoms with Crippen LogP contribution in [0.1, 0.15) is 31.4 Å². The Hall–Kier alpha value is -0.450. The monoisotopic (exact) mass is 298 g/mol. The van der Waals surface area contributed by atoms with Gasteiger partial charge in [0.25, 0.3) is 0 Å². The van der Waals surface area contributed by atoms with Gasteiger partial charge < -0.3 is 10.0 Å². The first-order valence-electron chi connectivity index (χ1n) is 6.03. The number of aromatic nitrogens is 1. The summed E-state index contributed by atoms with van der Waals surface area (Å²) in [5.41, 5.74) is 0.0557. The average Bonchev–Trinajstić information content (AvgIpc) is 2.29. The predicted octanol–water partition coefficient (Wildman–Crippen LogP) is 2.54. The zero-order chi connectivity index (χ0) is 12.5. The van der Waals surface area contributed by atoms with Crippen LogP contribution in [0.3, 0.4) is 0 Å². The highest BCUT2D eigenvalue weighted by molar-refractivity contribution is 9.10. The maximum Gasteiger partial charge on any atom is 0.107 e. The van der Waals surface area contributed by atoms with Gasteiger partial charge in [-0.2, -0.15) is 0 Å². The fourth-order valence-corrected chi connectivity index (χ4v) is 2.86. The van der Waals surface area contributed by atoms with E-state index in [1.165, 1.54) is 0 Å². The van der Waals surface area contributed by atoms with Crippen LogP contribution in [0.25, 0.3) is 0 Å². The molecule has 17 heavy (non-hydrogen) atoms. The van der Waals surface area contributed by atoms with Crippen LogP contribution >= 0.6 is 15.9 Å². The molecule has 1 fully saturated rings. The van der Waals surface area contributed by atoms with Crippen molar-refractivity contribution in [3.8, 4) is 0 Å². The first kappa shape index (κ1) is 13.0. The van der Waals surface area contributed by atoms with Crippen molar-refractivity contribution in [2.24, 2.45) is 0 Å². The Balaban J connectivity index is 2.12. The number of rotatable bonds is 2. The quantitative estimate of drug-likeness (QED) is 0.853. The Morgan fingerprint density at radius 2 is 2.00 bits per heavy atom. The van der Waals surface area contributed by atoms with Crippen LogP contribution in [-0.4, -0.2) is 35.1 Å². The SMILES string of the molecule is CN(C)C1CCC(O)(c2cccc(Br)n2)CC1. The minimum Gasteiger partial charge on any atom is -0.384 e. The van der Waals surface area contributed by atoms with Gasteiger partial charge in [-0.15, -0.1) is 0 Å². The lowest BCUT2D eigenvalue weighted by atomic mass is 9.79. The van der Waals surface area contributed by atoms with E-state index in [1.54, 1.807) is 0 Å². The van der Waals surface area contributed by atoms with Crippen molar-refractivity contribution >= 4 is 15.9 Å². The van der Waals surface area contributed by atoms with Crippen molar-refractivity contribution in [3.63, 3.8) is 0 Å². The van der Waals surface area contributed by atoms with Gasteiger partial charge in [-0.3, -0.25) is 0 Å². The van der Waals surface area contributed by atoms with Crippen LogP contribution < -0.4 is 0 Å². The molecule has 0 saturated heterocycles. The highest BCUT2D eigenvalue weighted by Crippen LogP contribution is 2.37. The third-order valence-corrected chi connectivity index (χ3v) is 4.15. The first-order valence-corrected chi connectivity index (χ1v) is 6.82. The summed E-state index contributed by atoms with van der Waals surface area (Å²) in [7, 11) is 4.21. The zero-order valence-electron chi connectivity index (χ0n) is 10.4. The Labute approximate surface area is 111 Å². The second-order valence-electron chi connectivity index (χ2n) is 5.07. The molecule has 0 aromatic carbocycles. The van der Waals surface area contributed by atoms with Gasteiger partial charge in [0.05, 0.1) is 5.69 Å². The van der Waals surface area contributed by atoms with Crippen molar-refractivity contribution in [2.75, 3.05) is 14.1 Å². The lowest BCUT2D eigenvalue weighted by Gasteiger charge is -2.38. The summed E-state index contributed by atoms with van der Waals surface area (Å²) in [4.78, 5) is 6.64. The summed E-state index contributed by atoms with van der Waals surface area (Å²) in [5, 5.41) is 10.7. The van der Waals surface area contributed by atoms with E-state index in [4.69, 9.17) is 0 Å². The number of hydrogen-bond acceptors (Lipinski definition) is 3. The molecular formula is C13H19BrN2O. The average molecular weight is 299 g/mol. The Bertz CT molecular complexity index is 387. The van der Waals surface area contributed by atoms with Crippen molar-refractivity contribution in [3.05, 3.63) is 28.5 Å². The minimum absolute atomic E-state index is 0.586. The molecule has 1 aromatic rings. The third kappa shape index (κ3) is 2.87. The van der Waals surface area contributed by atoms with Gasteiger partial charge in [-0.1, -0.05) is 6.07 Å². The van der Waals surface area contributed by atoms with Crippen molar-refractivity contribution in [1.82, 2.24) is 9.88 Å². The van der Waals surface area contributed by atoms with Gasteiger partial charge in [0, 0.05) is 6.04 Å². The molecule has 0 radical (unpaired) electrons. The number of hydrogen-bond donors (Lipinski definition) is 1. The number of nitrogens with zero attached hydrogens (tertiary/aromatic N) is 2. The highest BCUT2D eigenvalue weighted by atomic mass is 79.9. The van der Waals surface area contributed by atoms with E-state index in [0.717, 1.165) is 36.0 Å². The van der Waals surface area contributed by atoms with Crippen LogP contribution in [0.15, 0.2) is 22.8 Å². The van der Waals surface area contributed by atoms with Gasteiger partial charge in [0.1, 0.15) is 10.2 Å². The number of halogens is 1. The van der Waals surface area contributed by atoms with Gasteiger partial charge in [-0.05, 0) is 67.8 Å². The standard InChI is InChI=1S/C13H19BrN2O/c1-16(2)10-6-8-13(17,9-7-10)11-4-3-5-12(14)15-11/h3-5,10,17H,6-9H2,1-2H3. The second kappa shape index (κ2) is 5.04. The zero-order valence-corrected chi connectivity index (χ0v) is 11.9. The van der Waals surface area contributed by atoms with Crippen LogP contribution in [-0.2, 0) is 5.60 Å². The van der Waals surface area contributed by atoms with Crippen LogP contribution in [0, 0.1) is 0 Å². The third-order valence-electron chi connectivity index (χ3n) is 3.70. The molecule has 0 spiro atoms. The molecule has 4 heteroatoms. The molecular weight excluding hydrogens is 280 g/mol. The molecule has 0 unspecified atom stereocenters. The Kier molecular flexibility index (Phi) is 3.85. The molecule has 0 aliphatic heterocycles. The molecule has 1 aliphatic rings. The summed E-state index contributed by atoms with van der Waals surface area (Å²) in [6, 6.07) is 6.32. The molecule has 0 bridgehead atoms. The number of aliphatic hydroxyl groups is 1. The van der Waals surface area contributed by atoms with Crippen LogP contribution in [0.4, 0.5) is 0 Å². The molecule has 1 heterocycles. The smallest absolute Gasteiger partial charge is 0.107 e. The summed E-state index contributed by atoms with van der Waals surface area (Å²) < 4.78 is 0.790. The number of pyridine rings is 1. The summed E-state index contributed by atoms with van der Waals surface area (Å²) in [6.07, 6.45) is 3.63. The summed E-state index contributed by atoms with van der Waals surface area (Å²) in [5.74, 6) is 0. The van der Waals surface area contributed by atoms with E-state index in [0.29, 0.717) is 6.04 Å². The molecule has 1 N–H and O–H groups in total. The Morgan fingerprint density at radius 1 is 1.35 bits per heavy atom. The fraction of sp³-hybridized carbons (Fsp3) is 0.615. The van der Waals surface area contributed by atoms with Crippen LogP contribution in [0.5, 0.6) is 0 Å². The molecule has 0 amide bonds. The van der Waals surface area contributed by atoms with Crippen molar-refractivity contribution in [1.29, 1.82) is 0 Å². The molecule has 1 aliphatic carbocycles. The fourth-order valence-electron chi connectivity index (χ4n) is 2.52. The lowest BCUT2D eigenvalue weighted by Crippen LogP contribution is -2.39. The van der Waals surface area contributed by atoms with E-state index in [1.807, 2.05) is 18.2 Å². The minimum atomic E-state index is -0.740. The van der Waals surface area contributed by atoms with Gasteiger partial charge in [0.15, 0.2) is 0 Å². The van der Waals surface area contributed by atoms with E-state index in [2.05, 4.69) is 39.9 Å². The van der Waals surface area contributed by atoms with Crippen molar-refractivity contribution < 1.29 is 5.11 Å². The first-order chi connectivity index (χ1) is 8.01. The van der Waals surface area contributed by atoms with Gasteiger partial charge >= 0.3 is 0 Å². The molecule has 94 valence electrons. The van der Waals surface area contributed by atoms with Gasteiger partial charge in [0.2, 0.25) is 0 Å². The Morgan fingerprint density at radius 3 is 2.53 bits per heavy atom. The van der Waals surface area contributed by atoms with Crippen molar-refractivity contribution in [2.45, 2.75) is 37.3 Å². The second-order valence-corrected chi connectivity index (χ2v) is 5.88. The summed E-state index contributed by atoms with van der Waals surface area (Å²) >= 11 is 3.36. The molecule has 1 aromatic heterocycles. The van der Waals surface area contributed by atoms with E-state index in [-0.39, 0.29) is 0 Å². The molecule has 3 nitrogen and oxygen atoms in total. The normalized spacial score (nSPS) is 29.6. The van der Waals surface area contributed by atoms with E-state index >= 15 is 0 Å². The molecule has 2 rings (SSSR count). The molecule has 1 saturated carbocycles. The van der Waals surface area contributed by atoms with E-state index < -0.39 is 5.60 Å². The maximum atomic E-state index is 10.7. The highest BCUT2D eigenvalue weighted by Gasteiger charge is 2.36.